The highest BCUT2D eigenvalue weighted by Gasteiger charge is 2.20. The van der Waals surface area contributed by atoms with E-state index >= 15 is 0 Å². The largest absolute Gasteiger partial charge is 0.318 e. The van der Waals surface area contributed by atoms with Crippen molar-refractivity contribution in [2.45, 2.75) is 25.5 Å². The summed E-state index contributed by atoms with van der Waals surface area (Å²) in [6.07, 6.45) is 3.15. The summed E-state index contributed by atoms with van der Waals surface area (Å²) in [6, 6.07) is 1.96. The molecule has 0 saturated carbocycles. The average Bonchev–Trinajstić information content (AvgIpc) is 2.76. The summed E-state index contributed by atoms with van der Waals surface area (Å²) in [5, 5.41) is 9.15. The Bertz CT molecular complexity index is 383. The van der Waals surface area contributed by atoms with Crippen LogP contribution in [0.15, 0.2) is 17.3 Å². The zero-order chi connectivity index (χ0) is 11.5. The second kappa shape index (κ2) is 4.91. The fraction of sp³-hybridized carbons (Fsp3) is 0.636. The van der Waals surface area contributed by atoms with Gasteiger partial charge in [-0.2, -0.15) is 5.10 Å². The molecule has 4 nitrogen and oxygen atoms in total. The topological polar surface area (TPSA) is 42.2 Å². The van der Waals surface area contributed by atoms with Crippen LogP contribution in [0, 0.1) is 5.92 Å². The second-order valence-corrected chi connectivity index (χ2v) is 5.80. The fourth-order valence-electron chi connectivity index (χ4n) is 1.73. The monoisotopic (exact) mass is 238 g/mol. The molecule has 1 unspecified atom stereocenters. The van der Waals surface area contributed by atoms with Crippen LogP contribution in [0.2, 0.25) is 0 Å². The minimum atomic E-state index is 0.631. The molecular formula is C11H18N4S. The van der Waals surface area contributed by atoms with Gasteiger partial charge in [0.2, 0.25) is 0 Å². The minimum Gasteiger partial charge on any atom is -0.318 e. The van der Waals surface area contributed by atoms with Crippen molar-refractivity contribution >= 4 is 22.7 Å². The van der Waals surface area contributed by atoms with E-state index in [2.05, 4.69) is 29.3 Å². The van der Waals surface area contributed by atoms with E-state index < -0.39 is 0 Å². The summed E-state index contributed by atoms with van der Waals surface area (Å²) in [5.74, 6) is 1.61. The van der Waals surface area contributed by atoms with E-state index in [0.717, 1.165) is 23.4 Å². The summed E-state index contributed by atoms with van der Waals surface area (Å²) < 4.78 is 1.79. The van der Waals surface area contributed by atoms with Gasteiger partial charge in [-0.05, 0) is 12.3 Å². The Hall–Kier alpha value is -0.970. The summed E-state index contributed by atoms with van der Waals surface area (Å²) in [6.45, 7) is 5.44. The van der Waals surface area contributed by atoms with Crippen LogP contribution >= 0.6 is 11.8 Å². The molecule has 1 aliphatic heterocycles. The second-order valence-electron chi connectivity index (χ2n) is 4.51. The van der Waals surface area contributed by atoms with Crippen LogP contribution in [0.1, 0.15) is 20.3 Å². The van der Waals surface area contributed by atoms with Crippen molar-refractivity contribution < 1.29 is 0 Å². The lowest BCUT2D eigenvalue weighted by Gasteiger charge is -2.10. The van der Waals surface area contributed by atoms with E-state index in [-0.39, 0.29) is 0 Å². The molecule has 1 atom stereocenters. The van der Waals surface area contributed by atoms with Crippen LogP contribution in [0.4, 0.5) is 5.82 Å². The number of nitrogens with one attached hydrogen (secondary N) is 1. The number of nitrogens with zero attached hydrogens (tertiary/aromatic N) is 3. The van der Waals surface area contributed by atoms with Crippen molar-refractivity contribution in [3.63, 3.8) is 0 Å². The van der Waals surface area contributed by atoms with E-state index in [1.807, 2.05) is 31.1 Å². The molecule has 0 radical (unpaired) electrons. The van der Waals surface area contributed by atoms with E-state index in [1.54, 1.807) is 4.68 Å². The van der Waals surface area contributed by atoms with Crippen molar-refractivity contribution in [2.24, 2.45) is 18.0 Å². The van der Waals surface area contributed by atoms with Crippen LogP contribution < -0.4 is 5.32 Å². The molecule has 0 saturated heterocycles. The quantitative estimate of drug-likeness (QED) is 0.879. The van der Waals surface area contributed by atoms with Crippen LogP contribution in [-0.4, -0.2) is 26.7 Å². The van der Waals surface area contributed by atoms with Gasteiger partial charge in [-0.25, -0.2) is 0 Å². The Morgan fingerprint density at radius 2 is 2.44 bits per heavy atom. The first-order valence-corrected chi connectivity index (χ1v) is 6.49. The average molecular weight is 238 g/mol. The van der Waals surface area contributed by atoms with Crippen molar-refractivity contribution in [3.05, 3.63) is 12.3 Å². The number of aliphatic imine (C=N–C) groups is 1. The van der Waals surface area contributed by atoms with Gasteiger partial charge in [-0.15, -0.1) is 0 Å². The molecule has 88 valence electrons. The molecule has 0 fully saturated rings. The predicted molar refractivity (Wildman–Crippen MR) is 70.0 cm³/mol. The highest BCUT2D eigenvalue weighted by atomic mass is 32.2. The third-order valence-electron chi connectivity index (χ3n) is 2.40. The number of hydrogen-bond donors (Lipinski definition) is 1. The van der Waals surface area contributed by atoms with E-state index in [1.165, 1.54) is 6.42 Å². The highest BCUT2D eigenvalue weighted by Crippen LogP contribution is 2.26. The lowest BCUT2D eigenvalue weighted by Crippen LogP contribution is -2.10. The molecule has 0 amide bonds. The lowest BCUT2D eigenvalue weighted by molar-refractivity contribution is 0.575. The Morgan fingerprint density at radius 3 is 3.06 bits per heavy atom. The molecule has 2 rings (SSSR count). The summed E-state index contributed by atoms with van der Waals surface area (Å²) in [4.78, 5) is 4.49. The lowest BCUT2D eigenvalue weighted by atomic mass is 10.1. The van der Waals surface area contributed by atoms with E-state index in [4.69, 9.17) is 0 Å². The van der Waals surface area contributed by atoms with Gasteiger partial charge < -0.3 is 5.32 Å². The normalized spacial score (nSPS) is 20.2. The molecule has 1 aromatic heterocycles. The Morgan fingerprint density at radius 1 is 1.62 bits per heavy atom. The molecular weight excluding hydrogens is 220 g/mol. The Balaban J connectivity index is 1.85. The van der Waals surface area contributed by atoms with Crippen LogP contribution in [-0.2, 0) is 7.05 Å². The number of anilines is 1. The third kappa shape index (κ3) is 3.01. The van der Waals surface area contributed by atoms with Gasteiger partial charge in [0, 0.05) is 24.6 Å². The van der Waals surface area contributed by atoms with Crippen molar-refractivity contribution in [1.29, 1.82) is 0 Å². The molecule has 0 spiro atoms. The van der Waals surface area contributed by atoms with E-state index in [0.29, 0.717) is 5.25 Å². The van der Waals surface area contributed by atoms with Crippen LogP contribution in [0.5, 0.6) is 0 Å². The first kappa shape index (κ1) is 11.5. The maximum atomic E-state index is 4.49. The first-order chi connectivity index (χ1) is 7.63. The van der Waals surface area contributed by atoms with Crippen molar-refractivity contribution in [1.82, 2.24) is 9.78 Å². The van der Waals surface area contributed by atoms with Gasteiger partial charge in [0.05, 0.1) is 6.54 Å². The van der Waals surface area contributed by atoms with Gasteiger partial charge in [-0.3, -0.25) is 9.67 Å². The first-order valence-electron chi connectivity index (χ1n) is 5.61. The summed E-state index contributed by atoms with van der Waals surface area (Å²) in [5.41, 5.74) is 0. The minimum absolute atomic E-state index is 0.631. The molecule has 1 aromatic rings. The zero-order valence-electron chi connectivity index (χ0n) is 9.97. The molecule has 5 heteroatoms. The van der Waals surface area contributed by atoms with Gasteiger partial charge in [0.25, 0.3) is 0 Å². The van der Waals surface area contributed by atoms with Crippen molar-refractivity contribution in [3.8, 4) is 0 Å². The van der Waals surface area contributed by atoms with Gasteiger partial charge >= 0.3 is 0 Å². The third-order valence-corrected chi connectivity index (χ3v) is 3.53. The van der Waals surface area contributed by atoms with Crippen LogP contribution in [0.25, 0.3) is 0 Å². The maximum Gasteiger partial charge on any atom is 0.162 e. The van der Waals surface area contributed by atoms with Gasteiger partial charge in [0.15, 0.2) is 11.0 Å². The molecule has 0 aromatic carbocycles. The summed E-state index contributed by atoms with van der Waals surface area (Å²) >= 11 is 1.83. The maximum absolute atomic E-state index is 4.49. The number of aromatic nitrogens is 2. The molecule has 2 heterocycles. The number of aryl methyl sites for hydroxylation is 1. The number of amidine groups is 1. The molecule has 0 aliphatic carbocycles. The number of thioether (sulfide) groups is 1. The summed E-state index contributed by atoms with van der Waals surface area (Å²) in [7, 11) is 1.91. The van der Waals surface area contributed by atoms with Crippen molar-refractivity contribution in [2.75, 3.05) is 11.9 Å². The predicted octanol–water partition coefficient (Wildman–Crippen LogP) is 2.35. The SMILES string of the molecule is CC(C)CC1CN=C(Nc2ccn(C)n2)S1. The van der Waals surface area contributed by atoms with E-state index in [9.17, 15) is 0 Å². The molecule has 1 N–H and O–H groups in total. The molecule has 0 bridgehead atoms. The standard InChI is InChI=1S/C11H18N4S/c1-8(2)6-9-7-12-11(16-9)13-10-4-5-15(3)14-10/h4-5,8-9H,6-7H2,1-3H3,(H,12,13,14). The van der Waals surface area contributed by atoms with Crippen LogP contribution in [0.3, 0.4) is 0 Å². The molecule has 1 aliphatic rings. The number of rotatable bonds is 3. The smallest absolute Gasteiger partial charge is 0.162 e. The number of hydrogen-bond acceptors (Lipinski definition) is 4. The Labute approximate surface area is 101 Å². The zero-order valence-corrected chi connectivity index (χ0v) is 10.8. The Kier molecular flexibility index (Phi) is 3.53. The van der Waals surface area contributed by atoms with Gasteiger partial charge in [0.1, 0.15) is 0 Å². The molecule has 16 heavy (non-hydrogen) atoms. The fourth-order valence-corrected chi connectivity index (χ4v) is 2.98. The highest BCUT2D eigenvalue weighted by molar-refractivity contribution is 8.15. The van der Waals surface area contributed by atoms with Gasteiger partial charge in [-0.1, -0.05) is 25.6 Å².